The molecule has 2 saturated heterocycles. The average Bonchev–Trinajstić information content (AvgIpc) is 1.67. The maximum Gasteiger partial charge on any atom is 0.490 e. The number of cyclic esters (lactones) is 3. The summed E-state index contributed by atoms with van der Waals surface area (Å²) in [6.45, 7) is 40.6. The molecule has 2 aliphatic rings. The molecule has 0 unspecified atom stereocenters. The summed E-state index contributed by atoms with van der Waals surface area (Å²) >= 11 is 1.05. The van der Waals surface area contributed by atoms with Gasteiger partial charge < -0.3 is 66.0 Å². The van der Waals surface area contributed by atoms with Gasteiger partial charge in [-0.3, -0.25) is 33.6 Å². The van der Waals surface area contributed by atoms with E-state index >= 15 is 0 Å². The molecule has 24 nitrogen and oxygen atoms in total. The van der Waals surface area contributed by atoms with Crippen molar-refractivity contribution in [3.05, 3.63) is 137 Å². The fraction of sp³-hybridized carbons (Fsp3) is 0.578. The summed E-state index contributed by atoms with van der Waals surface area (Å²) in [6, 6.07) is 33.8. The first-order valence-electron chi connectivity index (χ1n) is 37.4. The number of amides is 2. The van der Waals surface area contributed by atoms with Crippen LogP contribution in [-0.4, -0.2) is 139 Å². The number of hydrogen-bond donors (Lipinski definition) is 9. The number of alkyl halides is 3. The Balaban J connectivity index is 0.000000677. The van der Waals surface area contributed by atoms with Gasteiger partial charge in [-0.2, -0.15) is 13.2 Å². The summed E-state index contributed by atoms with van der Waals surface area (Å²) in [5, 5.41) is 60.9. The zero-order valence-corrected chi connectivity index (χ0v) is 68.6. The third-order valence-electron chi connectivity index (χ3n) is 19.4. The van der Waals surface area contributed by atoms with Crippen molar-refractivity contribution < 1.29 is 115 Å². The number of esters is 5. The predicted molar refractivity (Wildman–Crippen MR) is 414 cm³/mol. The number of halogens is 3. The van der Waals surface area contributed by atoms with Gasteiger partial charge in [-0.15, -0.1) is 0 Å². The van der Waals surface area contributed by atoms with E-state index in [1.165, 1.54) is 22.3 Å². The van der Waals surface area contributed by atoms with E-state index in [1.807, 2.05) is 101 Å². The number of nitrogens with one attached hydrogen (secondary N) is 2. The first kappa shape index (κ1) is 100. The fourth-order valence-corrected chi connectivity index (χ4v) is 12.1. The predicted octanol–water partition coefficient (Wildman–Crippen LogP) is 12.6. The highest BCUT2D eigenvalue weighted by Crippen LogP contribution is 2.35. The number of hydrogen-bond acceptors (Lipinski definition) is 20. The van der Waals surface area contributed by atoms with Crippen LogP contribution in [0, 0.1) is 59.2 Å². The van der Waals surface area contributed by atoms with Gasteiger partial charge in [0.15, 0.2) is 23.4 Å². The van der Waals surface area contributed by atoms with Crippen molar-refractivity contribution >= 4 is 76.4 Å². The van der Waals surface area contributed by atoms with Crippen LogP contribution in [0.3, 0.4) is 0 Å². The van der Waals surface area contributed by atoms with Crippen molar-refractivity contribution in [1.82, 2.24) is 10.6 Å². The number of aliphatic hydroxyl groups is 3. The van der Waals surface area contributed by atoms with E-state index in [0.717, 1.165) is 34.2 Å². The molecule has 0 saturated carbocycles. The number of carboxylic acid groups (broad SMARTS) is 3. The molecule has 0 aromatic heterocycles. The first-order chi connectivity index (χ1) is 51.4. The molecule has 111 heavy (non-hydrogen) atoms. The van der Waals surface area contributed by atoms with Crippen molar-refractivity contribution in [2.75, 3.05) is 6.61 Å². The SMILES string of the molecule is CC(C)(C)c1ccc(CN)cc1.CCOC(=O)[C@H](O)[C@@H](C(=O)Sc1ccccc1)[C@@H](C)CC.CC[C@H](C)[C@@H]1C(=O)OC(=O)[C@@H]1OC(=O)C(F)(F)F.CC[C@H](C)[C@@H]1C(=O)O[C@H]1C(=O)NCc1ccc(C(C)(C)C)cc1.CC[C@H](C)[C@H](C(=O)O)[C@@H](O)C(=O)NCc1ccc(C(C)(C)C)cc1.CC[C@H](C)[C@H](C(=O)O)[C@@H](O)C(=O)O. The Kier molecular flexibility index (Phi) is 42.6. The van der Waals surface area contributed by atoms with Crippen molar-refractivity contribution in [3.63, 3.8) is 0 Å². The van der Waals surface area contributed by atoms with Crippen LogP contribution in [0.2, 0.25) is 0 Å². The topological polar surface area (TPSA) is 396 Å². The number of thioether (sulfide) groups is 1. The number of carbonyl (C=O) groups is 11. The molecule has 2 amide bonds. The summed E-state index contributed by atoms with van der Waals surface area (Å²) in [6.07, 6.45) is -9.38. The van der Waals surface area contributed by atoms with Crippen LogP contribution in [0.4, 0.5) is 13.2 Å². The van der Waals surface area contributed by atoms with Gasteiger partial charge in [0, 0.05) is 24.5 Å². The molecular weight excluding hydrogens is 1460 g/mol. The Labute approximate surface area is 655 Å². The minimum atomic E-state index is -5.22. The van der Waals surface area contributed by atoms with Gasteiger partial charge in [0.05, 0.1) is 24.4 Å². The van der Waals surface area contributed by atoms with Gasteiger partial charge in [-0.1, -0.05) is 266 Å². The van der Waals surface area contributed by atoms with Gasteiger partial charge in [-0.25, -0.2) is 19.2 Å². The molecule has 6 rings (SSSR count). The second-order valence-electron chi connectivity index (χ2n) is 30.8. The smallest absolute Gasteiger partial charge is 0.481 e. The van der Waals surface area contributed by atoms with Gasteiger partial charge in [0.1, 0.15) is 17.9 Å². The first-order valence-corrected chi connectivity index (χ1v) is 38.2. The Morgan fingerprint density at radius 2 is 0.901 bits per heavy atom. The Hall–Kier alpha value is -8.57. The molecule has 0 bridgehead atoms. The van der Waals surface area contributed by atoms with Gasteiger partial charge in [0.2, 0.25) is 12.0 Å². The summed E-state index contributed by atoms with van der Waals surface area (Å²) < 4.78 is 54.2. The second kappa shape index (κ2) is 47.1. The Morgan fingerprint density at radius 3 is 1.26 bits per heavy atom. The fourth-order valence-electron chi connectivity index (χ4n) is 11.1. The average molecular weight is 1580 g/mol. The molecule has 4 aromatic carbocycles. The lowest BCUT2D eigenvalue weighted by molar-refractivity contribution is -0.207. The number of aliphatic hydroxyl groups excluding tert-OH is 3. The van der Waals surface area contributed by atoms with Crippen LogP contribution >= 0.6 is 11.8 Å². The maximum atomic E-state index is 12.5. The van der Waals surface area contributed by atoms with Crippen LogP contribution in [0.25, 0.3) is 0 Å². The Bertz CT molecular complexity index is 3610. The zero-order valence-electron chi connectivity index (χ0n) is 67.8. The molecule has 28 heteroatoms. The third kappa shape index (κ3) is 33.0. The highest BCUT2D eigenvalue weighted by Gasteiger charge is 2.53. The van der Waals surface area contributed by atoms with Crippen LogP contribution in [-0.2, 0) is 108 Å². The monoisotopic (exact) mass is 1580 g/mol. The summed E-state index contributed by atoms with van der Waals surface area (Å²) in [5.74, 6) is -16.1. The van der Waals surface area contributed by atoms with Gasteiger partial charge >= 0.3 is 53.9 Å². The van der Waals surface area contributed by atoms with E-state index in [1.54, 1.807) is 41.5 Å². The number of benzene rings is 4. The molecule has 620 valence electrons. The van der Waals surface area contributed by atoms with Crippen LogP contribution < -0.4 is 16.4 Å². The lowest BCUT2D eigenvalue weighted by atomic mass is 9.83. The molecule has 2 heterocycles. The highest BCUT2D eigenvalue weighted by molar-refractivity contribution is 8.13. The number of carboxylic acids is 3. The number of rotatable bonds is 28. The van der Waals surface area contributed by atoms with Crippen LogP contribution in [0.15, 0.2) is 108 Å². The Morgan fingerprint density at radius 1 is 0.505 bits per heavy atom. The number of carbonyl (C=O) groups excluding carboxylic acids is 8. The van der Waals surface area contributed by atoms with Crippen molar-refractivity contribution in [2.24, 2.45) is 64.9 Å². The van der Waals surface area contributed by atoms with Crippen LogP contribution in [0.5, 0.6) is 0 Å². The number of ether oxygens (including phenoxy) is 4. The van der Waals surface area contributed by atoms with E-state index in [4.69, 9.17) is 30.5 Å². The molecule has 2 aliphatic heterocycles. The van der Waals surface area contributed by atoms with E-state index in [2.05, 4.69) is 119 Å². The largest absolute Gasteiger partial charge is 0.490 e. The standard InChI is InChI=1S/C19H29NO4.C19H27NO3.C16H22O4S.C11H17N.C10H11F3O5.C8H14O5/c1-6-12(2)15(18(23)24)16(21)17(22)20-11-13-7-9-14(10-8-13)19(3,4)5;1-6-12(2)15-16(23-18(15)22)17(21)20-11-13-7-9-14(10-8-13)19(3,4)5;1-4-11(3)13(14(17)15(18)20-5-2)16(19)21-12-9-7-6-8-10-12;1-11(2,3)10-6-4-9(8-12)5-7-10;1-3-4(2)5-6(8(15)18-7(5)14)17-9(16)10(11,12)13;1-3-4(2)5(7(10)11)6(9)8(12)13/h7-10,12,15-16,21H,6,11H2,1-5H3,(H,20,22)(H,23,24);7-10,12,15-16H,6,11H2,1-5H3,(H,20,21);6-11,13-14,17H,4-5H2,1-3H3;4-7H,8,12H2,1-3H3;4-6H,3H2,1-2H3;4-6,9H,3H2,1-2H3,(H,10,11)(H,12,13)/t2*12-,15-,16+;11-,13-,14+;;2*4-,5-,6+/m000.00/s1. The molecule has 0 aliphatic carbocycles. The van der Waals surface area contributed by atoms with Gasteiger partial charge in [-0.05, 0) is 98.3 Å². The summed E-state index contributed by atoms with van der Waals surface area (Å²) in [4.78, 5) is 126. The van der Waals surface area contributed by atoms with Crippen LogP contribution in [0.1, 0.15) is 204 Å². The molecule has 10 N–H and O–H groups in total. The minimum Gasteiger partial charge on any atom is -0.481 e. The van der Waals surface area contributed by atoms with E-state index in [-0.39, 0.29) is 76.0 Å². The highest BCUT2D eigenvalue weighted by atomic mass is 32.2. The summed E-state index contributed by atoms with van der Waals surface area (Å²) in [7, 11) is 0. The number of nitrogens with two attached hydrogens (primary N) is 1. The minimum absolute atomic E-state index is 0.0585. The molecule has 0 radical (unpaired) electrons. The summed E-state index contributed by atoms with van der Waals surface area (Å²) in [5.41, 5.74) is 12.9. The van der Waals surface area contributed by atoms with Crippen molar-refractivity contribution in [3.8, 4) is 0 Å². The van der Waals surface area contributed by atoms with E-state index in [9.17, 15) is 81.2 Å². The van der Waals surface area contributed by atoms with E-state index < -0.39 is 114 Å². The molecule has 4 aromatic rings. The molecule has 2 fully saturated rings. The molecule has 15 atom stereocenters. The zero-order chi connectivity index (χ0) is 85.4. The molecule has 0 spiro atoms. The third-order valence-corrected chi connectivity index (χ3v) is 20.4. The molecular formula is C83H120F3N3O21S. The maximum absolute atomic E-state index is 12.5. The van der Waals surface area contributed by atoms with Gasteiger partial charge in [0.25, 0.3) is 5.91 Å². The normalized spacial score (nSPS) is 18.2. The van der Waals surface area contributed by atoms with Crippen molar-refractivity contribution in [2.45, 2.75) is 248 Å². The quantitative estimate of drug-likeness (QED) is 0.0110. The second-order valence-corrected chi connectivity index (χ2v) is 31.9. The van der Waals surface area contributed by atoms with Crippen molar-refractivity contribution in [1.29, 1.82) is 0 Å². The lowest BCUT2D eigenvalue weighted by Crippen LogP contribution is -2.56. The number of aliphatic carboxylic acids is 3. The van der Waals surface area contributed by atoms with E-state index in [0.29, 0.717) is 38.8 Å². The lowest BCUT2D eigenvalue weighted by Gasteiger charge is -2.37.